The lowest BCUT2D eigenvalue weighted by atomic mass is 9.76. The standard InChI is InChI=1S/C17H14N2O7/c20-14-12-11-4-5-17(26-11,16-24-6-7-25-16)13(12)15(21)18(14)9-2-1-3-10(8-9)19(22)23/h1-5,8,11-13,16H,6-7H2/t11-,12-,13+,17-/m1/s1. The minimum absolute atomic E-state index is 0.185. The Morgan fingerprint density at radius 3 is 2.69 bits per heavy atom. The van der Waals surface area contributed by atoms with E-state index in [9.17, 15) is 19.7 Å². The second kappa shape index (κ2) is 5.19. The number of hydrogen-bond donors (Lipinski definition) is 0. The molecule has 9 nitrogen and oxygen atoms in total. The van der Waals surface area contributed by atoms with Crippen LogP contribution in [0.15, 0.2) is 36.4 Å². The second-order valence-electron chi connectivity index (χ2n) is 6.66. The first-order valence-corrected chi connectivity index (χ1v) is 8.25. The fourth-order valence-electron chi connectivity index (χ4n) is 4.33. The van der Waals surface area contributed by atoms with Gasteiger partial charge in [0.15, 0.2) is 11.9 Å². The fraction of sp³-hybridized carbons (Fsp3) is 0.412. The molecule has 5 rings (SSSR count). The minimum Gasteiger partial charge on any atom is -0.357 e. The van der Waals surface area contributed by atoms with Crippen molar-refractivity contribution in [2.45, 2.75) is 18.0 Å². The summed E-state index contributed by atoms with van der Waals surface area (Å²) < 4.78 is 17.1. The summed E-state index contributed by atoms with van der Waals surface area (Å²) in [5.41, 5.74) is -1.13. The van der Waals surface area contributed by atoms with Crippen LogP contribution in [0.2, 0.25) is 0 Å². The van der Waals surface area contributed by atoms with E-state index in [0.717, 1.165) is 4.90 Å². The average molecular weight is 358 g/mol. The third-order valence-electron chi connectivity index (χ3n) is 5.37. The Morgan fingerprint density at radius 2 is 1.96 bits per heavy atom. The van der Waals surface area contributed by atoms with Gasteiger partial charge in [0.05, 0.1) is 41.8 Å². The number of nitrogens with zero attached hydrogens (tertiary/aromatic N) is 2. The molecular weight excluding hydrogens is 344 g/mol. The summed E-state index contributed by atoms with van der Waals surface area (Å²) in [6.45, 7) is 0.783. The lowest BCUT2D eigenvalue weighted by Gasteiger charge is -2.32. The highest BCUT2D eigenvalue weighted by Gasteiger charge is 2.71. The molecule has 0 N–H and O–H groups in total. The summed E-state index contributed by atoms with van der Waals surface area (Å²) in [6, 6.07) is 5.49. The van der Waals surface area contributed by atoms with E-state index >= 15 is 0 Å². The second-order valence-corrected chi connectivity index (χ2v) is 6.66. The fourth-order valence-corrected chi connectivity index (χ4v) is 4.33. The van der Waals surface area contributed by atoms with Gasteiger partial charge in [-0.1, -0.05) is 12.1 Å². The van der Waals surface area contributed by atoms with Crippen LogP contribution in [0.3, 0.4) is 0 Å². The van der Waals surface area contributed by atoms with Crippen molar-refractivity contribution in [2.75, 3.05) is 18.1 Å². The monoisotopic (exact) mass is 358 g/mol. The molecule has 26 heavy (non-hydrogen) atoms. The van der Waals surface area contributed by atoms with E-state index < -0.39 is 46.6 Å². The van der Waals surface area contributed by atoms with Gasteiger partial charge in [0.2, 0.25) is 11.8 Å². The number of imide groups is 1. The van der Waals surface area contributed by atoms with Crippen molar-refractivity contribution in [3.8, 4) is 0 Å². The van der Waals surface area contributed by atoms with Gasteiger partial charge >= 0.3 is 0 Å². The van der Waals surface area contributed by atoms with Crippen LogP contribution in [0.1, 0.15) is 0 Å². The van der Waals surface area contributed by atoms with Gasteiger partial charge < -0.3 is 14.2 Å². The largest absolute Gasteiger partial charge is 0.357 e. The number of fused-ring (bicyclic) bond motifs is 5. The van der Waals surface area contributed by atoms with Crippen molar-refractivity contribution in [2.24, 2.45) is 11.8 Å². The molecule has 0 radical (unpaired) electrons. The van der Waals surface area contributed by atoms with Crippen molar-refractivity contribution in [3.63, 3.8) is 0 Å². The Labute approximate surface area is 147 Å². The maximum Gasteiger partial charge on any atom is 0.271 e. The Balaban J connectivity index is 1.55. The van der Waals surface area contributed by atoms with E-state index in [4.69, 9.17) is 14.2 Å². The van der Waals surface area contributed by atoms with Crippen LogP contribution in [-0.2, 0) is 23.8 Å². The van der Waals surface area contributed by atoms with Crippen LogP contribution in [0.5, 0.6) is 0 Å². The van der Waals surface area contributed by atoms with Gasteiger partial charge in [-0.05, 0) is 12.1 Å². The maximum atomic E-state index is 13.1. The Morgan fingerprint density at radius 1 is 1.19 bits per heavy atom. The van der Waals surface area contributed by atoms with Crippen LogP contribution in [-0.4, -0.2) is 47.9 Å². The summed E-state index contributed by atoms with van der Waals surface area (Å²) >= 11 is 0. The predicted octanol–water partition coefficient (Wildman–Crippen LogP) is 0.781. The van der Waals surface area contributed by atoms with Crippen molar-refractivity contribution >= 4 is 23.2 Å². The number of hydrogen-bond acceptors (Lipinski definition) is 7. The molecular formula is C17H14N2O7. The molecule has 4 aliphatic rings. The molecule has 2 bridgehead atoms. The van der Waals surface area contributed by atoms with Gasteiger partial charge in [-0.25, -0.2) is 4.90 Å². The normalized spacial score (nSPS) is 35.5. The summed E-state index contributed by atoms with van der Waals surface area (Å²) in [7, 11) is 0. The number of carbonyl (C=O) groups is 2. The third-order valence-corrected chi connectivity index (χ3v) is 5.37. The van der Waals surface area contributed by atoms with E-state index in [1.807, 2.05) is 0 Å². The molecule has 4 aliphatic heterocycles. The van der Waals surface area contributed by atoms with Gasteiger partial charge in [0.25, 0.3) is 5.69 Å². The van der Waals surface area contributed by atoms with Gasteiger partial charge in [0.1, 0.15) is 0 Å². The van der Waals surface area contributed by atoms with E-state index in [1.54, 1.807) is 12.2 Å². The molecule has 0 unspecified atom stereocenters. The van der Waals surface area contributed by atoms with Gasteiger partial charge in [0, 0.05) is 12.1 Å². The molecule has 4 atom stereocenters. The van der Waals surface area contributed by atoms with Gasteiger partial charge in [-0.3, -0.25) is 19.7 Å². The molecule has 3 fully saturated rings. The van der Waals surface area contributed by atoms with Crippen molar-refractivity contribution in [1.82, 2.24) is 0 Å². The zero-order valence-corrected chi connectivity index (χ0v) is 13.4. The first-order chi connectivity index (χ1) is 12.5. The van der Waals surface area contributed by atoms with Crippen LogP contribution in [0.4, 0.5) is 11.4 Å². The zero-order valence-electron chi connectivity index (χ0n) is 13.4. The maximum absolute atomic E-state index is 13.1. The molecule has 3 saturated heterocycles. The number of non-ortho nitro benzene ring substituents is 1. The molecule has 0 saturated carbocycles. The molecule has 0 aliphatic carbocycles. The van der Waals surface area contributed by atoms with Crippen LogP contribution < -0.4 is 4.90 Å². The highest BCUT2D eigenvalue weighted by molar-refractivity contribution is 6.23. The number of nitro benzene ring substituents is 1. The summed E-state index contributed by atoms with van der Waals surface area (Å²) in [5, 5.41) is 11.0. The molecule has 2 amide bonds. The lowest BCUT2D eigenvalue weighted by Crippen LogP contribution is -2.49. The number of carbonyl (C=O) groups excluding carboxylic acids is 2. The summed E-state index contributed by atoms with van der Waals surface area (Å²) in [4.78, 5) is 37.6. The third kappa shape index (κ3) is 1.84. The summed E-state index contributed by atoms with van der Waals surface area (Å²) in [5.74, 6) is -2.33. The number of amides is 2. The SMILES string of the molecule is O=C1[C@H]2[C@@H](C(=O)N1c1cccc([N+](=O)[O-])c1)[C@@]1(C3OCCO3)C=C[C@H]2O1. The van der Waals surface area contributed by atoms with Gasteiger partial charge in [-0.15, -0.1) is 0 Å². The number of benzene rings is 1. The minimum atomic E-state index is -1.13. The number of anilines is 1. The van der Waals surface area contributed by atoms with E-state index in [1.165, 1.54) is 24.3 Å². The Bertz CT molecular complexity index is 862. The number of nitro groups is 1. The molecule has 4 heterocycles. The zero-order chi connectivity index (χ0) is 18.1. The van der Waals surface area contributed by atoms with Crippen LogP contribution in [0, 0.1) is 22.0 Å². The average Bonchev–Trinajstić information content (AvgIpc) is 3.38. The summed E-state index contributed by atoms with van der Waals surface area (Å²) in [6.07, 6.45) is 2.22. The smallest absolute Gasteiger partial charge is 0.271 e. The topological polar surface area (TPSA) is 108 Å². The molecule has 1 aromatic carbocycles. The molecule has 0 spiro atoms. The van der Waals surface area contributed by atoms with Crippen LogP contribution >= 0.6 is 0 Å². The number of rotatable bonds is 3. The van der Waals surface area contributed by atoms with Crippen molar-refractivity contribution in [1.29, 1.82) is 0 Å². The van der Waals surface area contributed by atoms with Crippen LogP contribution in [0.25, 0.3) is 0 Å². The lowest BCUT2D eigenvalue weighted by molar-refractivity contribution is -0.384. The van der Waals surface area contributed by atoms with E-state index in [-0.39, 0.29) is 11.4 Å². The highest BCUT2D eigenvalue weighted by atomic mass is 16.7. The van der Waals surface area contributed by atoms with Crippen molar-refractivity contribution < 1.29 is 28.7 Å². The molecule has 9 heteroatoms. The molecule has 134 valence electrons. The van der Waals surface area contributed by atoms with Gasteiger partial charge in [-0.2, -0.15) is 0 Å². The Hall–Kier alpha value is -2.62. The van der Waals surface area contributed by atoms with Crippen molar-refractivity contribution in [3.05, 3.63) is 46.5 Å². The predicted molar refractivity (Wildman–Crippen MR) is 85.0 cm³/mol. The first kappa shape index (κ1) is 15.6. The molecule has 1 aromatic rings. The quantitative estimate of drug-likeness (QED) is 0.340. The first-order valence-electron chi connectivity index (χ1n) is 8.25. The van der Waals surface area contributed by atoms with E-state index in [2.05, 4.69) is 0 Å². The molecule has 0 aromatic heterocycles. The number of ether oxygens (including phenoxy) is 3. The highest BCUT2D eigenvalue weighted by Crippen LogP contribution is 2.55. The Kier molecular flexibility index (Phi) is 3.12. The van der Waals surface area contributed by atoms with E-state index in [0.29, 0.717) is 13.2 Å².